The van der Waals surface area contributed by atoms with Crippen LogP contribution >= 0.6 is 27.5 Å². The van der Waals surface area contributed by atoms with Gasteiger partial charge >= 0.3 is 0 Å². The molecule has 1 heterocycles. The summed E-state index contributed by atoms with van der Waals surface area (Å²) in [6.45, 7) is 0. The smallest absolute Gasteiger partial charge is 0.131 e. The number of halogens is 3. The Labute approximate surface area is 129 Å². The lowest BCUT2D eigenvalue weighted by Gasteiger charge is -2.31. The van der Waals surface area contributed by atoms with Crippen molar-refractivity contribution in [3.63, 3.8) is 0 Å². The lowest BCUT2D eigenvalue weighted by Crippen LogP contribution is -2.24. The maximum Gasteiger partial charge on any atom is 0.131 e. The van der Waals surface area contributed by atoms with E-state index >= 15 is 0 Å². The lowest BCUT2D eigenvalue weighted by atomic mass is 9.93. The first-order chi connectivity index (χ1) is 9.54. The van der Waals surface area contributed by atoms with Gasteiger partial charge in [-0.2, -0.15) is 0 Å². The van der Waals surface area contributed by atoms with Crippen molar-refractivity contribution in [2.75, 3.05) is 0 Å². The van der Waals surface area contributed by atoms with E-state index < -0.39 is 6.10 Å². The van der Waals surface area contributed by atoms with Crippen LogP contribution in [0, 0.1) is 5.82 Å². The van der Waals surface area contributed by atoms with E-state index in [1.54, 1.807) is 12.1 Å². The van der Waals surface area contributed by atoms with E-state index in [9.17, 15) is 4.39 Å². The molecule has 104 valence electrons. The molecule has 0 bridgehead atoms. The molecule has 0 saturated carbocycles. The molecule has 2 unspecified atom stereocenters. The zero-order chi connectivity index (χ0) is 14.3. The molecule has 0 spiro atoms. The van der Waals surface area contributed by atoms with Gasteiger partial charge in [0.2, 0.25) is 0 Å². The van der Waals surface area contributed by atoms with E-state index in [2.05, 4.69) is 15.9 Å². The van der Waals surface area contributed by atoms with Crippen molar-refractivity contribution in [1.82, 2.24) is 0 Å². The minimum atomic E-state index is -0.393. The number of nitrogens with two attached hydrogens (primary N) is 1. The quantitative estimate of drug-likeness (QED) is 0.799. The molecule has 2 aromatic rings. The monoisotopic (exact) mass is 355 g/mol. The molecule has 1 aliphatic heterocycles. The molecule has 2 atom stereocenters. The molecule has 2 aromatic carbocycles. The zero-order valence-corrected chi connectivity index (χ0v) is 12.8. The second-order valence-electron chi connectivity index (χ2n) is 4.80. The van der Waals surface area contributed by atoms with Gasteiger partial charge in [-0.05, 0) is 30.3 Å². The molecule has 2 N–H and O–H groups in total. The Kier molecular flexibility index (Phi) is 3.71. The molecule has 20 heavy (non-hydrogen) atoms. The number of ether oxygens (including phenoxy) is 1. The van der Waals surface area contributed by atoms with Crippen molar-refractivity contribution in [2.45, 2.75) is 18.6 Å². The number of benzene rings is 2. The third kappa shape index (κ3) is 2.55. The van der Waals surface area contributed by atoms with Crippen molar-refractivity contribution in [2.24, 2.45) is 5.73 Å². The van der Waals surface area contributed by atoms with Gasteiger partial charge in [0.05, 0.1) is 0 Å². The summed E-state index contributed by atoms with van der Waals surface area (Å²) < 4.78 is 20.8. The molecule has 0 amide bonds. The number of rotatable bonds is 1. The van der Waals surface area contributed by atoms with Crippen molar-refractivity contribution in [1.29, 1.82) is 0 Å². The zero-order valence-electron chi connectivity index (χ0n) is 10.4. The molecule has 0 aromatic heterocycles. The Morgan fingerprint density at radius 3 is 2.75 bits per heavy atom. The van der Waals surface area contributed by atoms with Gasteiger partial charge in [0, 0.05) is 33.1 Å². The van der Waals surface area contributed by atoms with Crippen LogP contribution in [0.5, 0.6) is 5.75 Å². The average Bonchev–Trinajstić information content (AvgIpc) is 2.39. The first kappa shape index (κ1) is 13.9. The summed E-state index contributed by atoms with van der Waals surface area (Å²) in [7, 11) is 0. The summed E-state index contributed by atoms with van der Waals surface area (Å²) in [5.74, 6) is 0.335. The molecular weight excluding hydrogens is 345 g/mol. The summed E-state index contributed by atoms with van der Waals surface area (Å²) in [5, 5.41) is 0.371. The number of hydrogen-bond donors (Lipinski definition) is 1. The van der Waals surface area contributed by atoms with Gasteiger partial charge in [0.25, 0.3) is 0 Å². The van der Waals surface area contributed by atoms with E-state index in [0.29, 0.717) is 22.8 Å². The predicted molar refractivity (Wildman–Crippen MR) is 80.5 cm³/mol. The van der Waals surface area contributed by atoms with Crippen LogP contribution in [0.2, 0.25) is 5.02 Å². The fourth-order valence-corrected chi connectivity index (χ4v) is 2.97. The SMILES string of the molecule is NC1CC(c2ccc(Cl)cc2F)Oc2ccc(Br)cc21. The highest BCUT2D eigenvalue weighted by Crippen LogP contribution is 2.41. The number of hydrogen-bond acceptors (Lipinski definition) is 2. The van der Waals surface area contributed by atoms with Gasteiger partial charge in [0.15, 0.2) is 0 Å². The highest BCUT2D eigenvalue weighted by Gasteiger charge is 2.28. The Morgan fingerprint density at radius 2 is 2.00 bits per heavy atom. The minimum Gasteiger partial charge on any atom is -0.485 e. The van der Waals surface area contributed by atoms with Crippen LogP contribution in [0.4, 0.5) is 4.39 Å². The molecule has 0 saturated heterocycles. The normalized spacial score (nSPS) is 21.2. The van der Waals surface area contributed by atoms with Gasteiger partial charge in [-0.3, -0.25) is 0 Å². The Morgan fingerprint density at radius 1 is 1.20 bits per heavy atom. The molecule has 0 radical (unpaired) electrons. The Balaban J connectivity index is 1.97. The Hall–Kier alpha value is -1.10. The highest BCUT2D eigenvalue weighted by atomic mass is 79.9. The van der Waals surface area contributed by atoms with Crippen molar-refractivity contribution < 1.29 is 9.13 Å². The van der Waals surface area contributed by atoms with E-state index in [1.165, 1.54) is 6.07 Å². The van der Waals surface area contributed by atoms with Crippen LogP contribution in [0.3, 0.4) is 0 Å². The molecule has 3 rings (SSSR count). The first-order valence-corrected chi connectivity index (χ1v) is 7.38. The third-order valence-electron chi connectivity index (χ3n) is 3.42. The highest BCUT2D eigenvalue weighted by molar-refractivity contribution is 9.10. The average molecular weight is 357 g/mol. The Bertz CT molecular complexity index is 664. The van der Waals surface area contributed by atoms with Gasteiger partial charge in [-0.1, -0.05) is 33.6 Å². The maximum absolute atomic E-state index is 14.0. The van der Waals surface area contributed by atoms with Crippen LogP contribution in [-0.4, -0.2) is 0 Å². The van der Waals surface area contributed by atoms with Gasteiger partial charge in [-0.25, -0.2) is 4.39 Å². The largest absolute Gasteiger partial charge is 0.485 e. The lowest BCUT2D eigenvalue weighted by molar-refractivity contribution is 0.157. The first-order valence-electron chi connectivity index (χ1n) is 6.21. The molecule has 0 fully saturated rings. The van der Waals surface area contributed by atoms with Gasteiger partial charge < -0.3 is 10.5 Å². The second kappa shape index (κ2) is 5.35. The van der Waals surface area contributed by atoms with E-state index in [-0.39, 0.29) is 11.9 Å². The maximum atomic E-state index is 14.0. The third-order valence-corrected chi connectivity index (χ3v) is 4.15. The van der Waals surface area contributed by atoms with E-state index in [0.717, 1.165) is 10.0 Å². The fourth-order valence-electron chi connectivity index (χ4n) is 2.43. The van der Waals surface area contributed by atoms with Crippen LogP contribution in [0.1, 0.15) is 29.7 Å². The standard InChI is InChI=1S/C15H12BrClFNO/c16-8-1-4-14-11(5-8)13(19)7-15(20-14)10-3-2-9(17)6-12(10)18/h1-6,13,15H,7,19H2. The minimum absolute atomic E-state index is 0.184. The van der Waals surface area contributed by atoms with Crippen molar-refractivity contribution in [3.8, 4) is 5.75 Å². The van der Waals surface area contributed by atoms with E-state index in [1.807, 2.05) is 18.2 Å². The van der Waals surface area contributed by atoms with Gasteiger partial charge in [0.1, 0.15) is 17.7 Å². The van der Waals surface area contributed by atoms with Gasteiger partial charge in [-0.15, -0.1) is 0 Å². The molecule has 5 heteroatoms. The topological polar surface area (TPSA) is 35.2 Å². The summed E-state index contributed by atoms with van der Waals surface area (Å²) >= 11 is 9.18. The predicted octanol–water partition coefficient (Wildman–Crippen LogP) is 4.77. The van der Waals surface area contributed by atoms with Crippen molar-refractivity contribution >= 4 is 27.5 Å². The summed E-state index contributed by atoms with van der Waals surface area (Å²) in [6.07, 6.45) is 0.137. The van der Waals surface area contributed by atoms with E-state index in [4.69, 9.17) is 22.1 Å². The van der Waals surface area contributed by atoms with Crippen LogP contribution in [0.15, 0.2) is 40.9 Å². The van der Waals surface area contributed by atoms with Crippen LogP contribution < -0.4 is 10.5 Å². The molecule has 2 nitrogen and oxygen atoms in total. The number of fused-ring (bicyclic) bond motifs is 1. The summed E-state index contributed by atoms with van der Waals surface area (Å²) in [4.78, 5) is 0. The van der Waals surface area contributed by atoms with Crippen LogP contribution in [0.25, 0.3) is 0 Å². The molecule has 1 aliphatic rings. The van der Waals surface area contributed by atoms with Crippen molar-refractivity contribution in [3.05, 3.63) is 62.8 Å². The summed E-state index contributed by atoms with van der Waals surface area (Å²) in [6, 6.07) is 10.1. The second-order valence-corrected chi connectivity index (χ2v) is 6.15. The van der Waals surface area contributed by atoms with Crippen LogP contribution in [-0.2, 0) is 0 Å². The molecular formula is C15H12BrClFNO. The molecule has 0 aliphatic carbocycles. The fraction of sp³-hybridized carbons (Fsp3) is 0.200. The summed E-state index contributed by atoms with van der Waals surface area (Å²) in [5.41, 5.74) is 7.59.